The van der Waals surface area contributed by atoms with Crippen molar-refractivity contribution in [3.05, 3.63) is 30.1 Å². The second kappa shape index (κ2) is 11.5. The third-order valence-corrected chi connectivity index (χ3v) is 6.57. The molecule has 1 aliphatic carbocycles. The molecule has 0 bridgehead atoms. The number of carbonyl (C=O) groups excluding carboxylic acids is 3. The molecule has 0 unspecified atom stereocenters. The minimum Gasteiger partial charge on any atom is -0.352 e. The highest BCUT2D eigenvalue weighted by atomic mass is 32.2. The molecule has 2 N–H and O–H groups in total. The Morgan fingerprint density at radius 3 is 2.25 bits per heavy atom. The van der Waals surface area contributed by atoms with Gasteiger partial charge in [0.25, 0.3) is 0 Å². The number of hydrogen-bond donors (Lipinski definition) is 2. The van der Waals surface area contributed by atoms with Crippen LogP contribution in [0.4, 0.5) is 10.1 Å². The summed E-state index contributed by atoms with van der Waals surface area (Å²) in [7, 11) is -1.76. The Hall–Kier alpha value is -2.29. The van der Waals surface area contributed by atoms with Crippen LogP contribution in [0.25, 0.3) is 0 Å². The number of halogens is 1. The van der Waals surface area contributed by atoms with Gasteiger partial charge in [0.2, 0.25) is 17.7 Å². The lowest BCUT2D eigenvalue weighted by Gasteiger charge is -2.40. The van der Waals surface area contributed by atoms with Crippen molar-refractivity contribution in [3.8, 4) is 0 Å². The van der Waals surface area contributed by atoms with Gasteiger partial charge in [0.15, 0.2) is 0 Å². The van der Waals surface area contributed by atoms with Crippen LogP contribution in [0.15, 0.2) is 24.3 Å². The number of nitrogens with zero attached hydrogens (tertiary/aromatic N) is 1. The lowest BCUT2D eigenvalue weighted by atomic mass is 9.95. The normalized spacial score (nSPS) is 16.7. The molecule has 1 fully saturated rings. The van der Waals surface area contributed by atoms with Gasteiger partial charge in [-0.3, -0.25) is 18.6 Å². The molecule has 0 spiro atoms. The van der Waals surface area contributed by atoms with Gasteiger partial charge in [-0.15, -0.1) is 0 Å². The van der Waals surface area contributed by atoms with Gasteiger partial charge in [-0.05, 0) is 64.8 Å². The van der Waals surface area contributed by atoms with Crippen molar-refractivity contribution in [2.24, 2.45) is 0 Å². The minimum absolute atomic E-state index is 0.125. The van der Waals surface area contributed by atoms with Crippen molar-refractivity contribution in [1.82, 2.24) is 10.2 Å². The lowest BCUT2D eigenvalue weighted by molar-refractivity contribution is -0.143. The summed E-state index contributed by atoms with van der Waals surface area (Å²) >= 11 is 0. The molecule has 32 heavy (non-hydrogen) atoms. The fourth-order valence-electron chi connectivity index (χ4n) is 3.99. The van der Waals surface area contributed by atoms with Gasteiger partial charge in [-0.2, -0.15) is 0 Å². The van der Waals surface area contributed by atoms with Crippen LogP contribution in [0, 0.1) is 5.82 Å². The van der Waals surface area contributed by atoms with Crippen LogP contribution in [0.2, 0.25) is 0 Å². The van der Waals surface area contributed by atoms with Gasteiger partial charge in [0.1, 0.15) is 23.4 Å². The number of carbonyl (C=O) groups is 3. The van der Waals surface area contributed by atoms with Crippen molar-refractivity contribution in [1.29, 1.82) is 0 Å². The molecule has 2 rings (SSSR count). The number of rotatable bonds is 8. The van der Waals surface area contributed by atoms with E-state index in [4.69, 9.17) is 0 Å². The fraction of sp³-hybridized carbons (Fsp3) is 0.609. The molecule has 2 atom stereocenters. The molecule has 1 aromatic carbocycles. The highest BCUT2D eigenvalue weighted by molar-refractivity contribution is 7.86. The summed E-state index contributed by atoms with van der Waals surface area (Å²) in [4.78, 5) is 39.4. The number of benzene rings is 1. The van der Waals surface area contributed by atoms with Gasteiger partial charge in [-0.25, -0.2) is 4.39 Å². The first kappa shape index (κ1) is 26.0. The molecule has 1 aliphatic rings. The zero-order valence-corrected chi connectivity index (χ0v) is 20.1. The Labute approximate surface area is 192 Å². The molecule has 0 heterocycles. The van der Waals surface area contributed by atoms with E-state index in [-0.39, 0.29) is 23.5 Å². The van der Waals surface area contributed by atoms with E-state index in [1.165, 1.54) is 35.6 Å². The lowest BCUT2D eigenvalue weighted by Crippen LogP contribution is -2.58. The zero-order valence-electron chi connectivity index (χ0n) is 19.3. The minimum atomic E-state index is -1.76. The maximum atomic E-state index is 13.0. The van der Waals surface area contributed by atoms with Crippen LogP contribution < -0.4 is 10.6 Å². The molecule has 0 saturated heterocycles. The fourth-order valence-corrected chi connectivity index (χ4v) is 4.87. The Morgan fingerprint density at radius 1 is 1.09 bits per heavy atom. The molecule has 0 aliphatic heterocycles. The zero-order chi connectivity index (χ0) is 23.9. The summed E-state index contributed by atoms with van der Waals surface area (Å²) in [5.41, 5.74) is -0.287. The standard InChI is InChI=1S/C23H34FN3O4S/c1-16(22(30)26-18-8-6-5-7-9-18)27(23(2,3)4)21(29)15-32(31)14-20(28)25-19-12-10-17(24)11-13-19/h10-13,16,18H,5-9,14-15H2,1-4H3,(H,25,28)(H,26,30)/t16-,32+/m1/s1. The number of amides is 3. The van der Waals surface area contributed by atoms with Crippen LogP contribution in [0.1, 0.15) is 59.8 Å². The second-order valence-corrected chi connectivity index (χ2v) is 10.7. The number of nitrogens with one attached hydrogen (secondary N) is 2. The SMILES string of the molecule is C[C@H](C(=O)NC1CCCCC1)N(C(=O)C[S@@](=O)CC(=O)Nc1ccc(F)cc1)C(C)(C)C. The van der Waals surface area contributed by atoms with Crippen molar-refractivity contribution >= 4 is 34.2 Å². The van der Waals surface area contributed by atoms with Crippen molar-refractivity contribution in [2.75, 3.05) is 16.8 Å². The predicted octanol–water partition coefficient (Wildman–Crippen LogP) is 2.98. The van der Waals surface area contributed by atoms with Gasteiger partial charge in [-0.1, -0.05) is 19.3 Å². The Bertz CT molecular complexity index is 833. The van der Waals surface area contributed by atoms with Crippen LogP contribution in [-0.4, -0.2) is 56.0 Å². The molecule has 178 valence electrons. The van der Waals surface area contributed by atoms with E-state index >= 15 is 0 Å². The van der Waals surface area contributed by atoms with Gasteiger partial charge in [0.05, 0.1) is 0 Å². The van der Waals surface area contributed by atoms with E-state index in [0.717, 1.165) is 25.7 Å². The molecular formula is C23H34FN3O4S. The maximum absolute atomic E-state index is 13.0. The summed E-state index contributed by atoms with van der Waals surface area (Å²) in [5, 5.41) is 5.57. The third-order valence-electron chi connectivity index (χ3n) is 5.41. The molecule has 0 radical (unpaired) electrons. The molecule has 3 amide bonds. The number of hydrogen-bond acceptors (Lipinski definition) is 4. The van der Waals surface area contributed by atoms with E-state index in [0.29, 0.717) is 5.69 Å². The quantitative estimate of drug-likeness (QED) is 0.614. The highest BCUT2D eigenvalue weighted by Crippen LogP contribution is 2.21. The molecule has 9 heteroatoms. The average molecular weight is 468 g/mol. The van der Waals surface area contributed by atoms with E-state index in [9.17, 15) is 23.0 Å². The van der Waals surface area contributed by atoms with Crippen LogP contribution >= 0.6 is 0 Å². The average Bonchev–Trinajstić information content (AvgIpc) is 2.69. The summed E-state index contributed by atoms with van der Waals surface area (Å²) in [5.74, 6) is -2.37. The first-order chi connectivity index (χ1) is 15.0. The van der Waals surface area contributed by atoms with E-state index in [2.05, 4.69) is 10.6 Å². The third kappa shape index (κ3) is 8.00. The predicted molar refractivity (Wildman–Crippen MR) is 124 cm³/mol. The van der Waals surface area contributed by atoms with Crippen molar-refractivity contribution in [3.63, 3.8) is 0 Å². The number of anilines is 1. The maximum Gasteiger partial charge on any atom is 0.242 e. The van der Waals surface area contributed by atoms with Crippen molar-refractivity contribution in [2.45, 2.75) is 77.4 Å². The summed E-state index contributed by atoms with van der Waals surface area (Å²) in [6, 6.07) is 4.60. The van der Waals surface area contributed by atoms with Gasteiger partial charge in [0, 0.05) is 28.1 Å². The first-order valence-electron chi connectivity index (χ1n) is 11.0. The molecular weight excluding hydrogens is 433 g/mol. The topological polar surface area (TPSA) is 95.6 Å². The molecule has 7 nitrogen and oxygen atoms in total. The summed E-state index contributed by atoms with van der Waals surface area (Å²) in [6.07, 6.45) is 5.22. The summed E-state index contributed by atoms with van der Waals surface area (Å²) in [6.45, 7) is 7.13. The van der Waals surface area contributed by atoms with Crippen LogP contribution in [0.3, 0.4) is 0 Å². The Balaban J connectivity index is 1.95. The smallest absolute Gasteiger partial charge is 0.242 e. The first-order valence-corrected chi connectivity index (χ1v) is 12.5. The molecule has 0 aromatic heterocycles. The van der Waals surface area contributed by atoms with E-state index in [1.54, 1.807) is 6.92 Å². The highest BCUT2D eigenvalue weighted by Gasteiger charge is 2.36. The second-order valence-electron chi connectivity index (χ2n) is 9.24. The Morgan fingerprint density at radius 2 is 1.69 bits per heavy atom. The van der Waals surface area contributed by atoms with E-state index < -0.39 is 40.0 Å². The van der Waals surface area contributed by atoms with E-state index in [1.807, 2.05) is 20.8 Å². The Kier molecular flexibility index (Phi) is 9.36. The van der Waals surface area contributed by atoms with Gasteiger partial charge < -0.3 is 15.5 Å². The monoisotopic (exact) mass is 467 g/mol. The van der Waals surface area contributed by atoms with Gasteiger partial charge >= 0.3 is 0 Å². The van der Waals surface area contributed by atoms with Crippen molar-refractivity contribution < 1.29 is 23.0 Å². The summed E-state index contributed by atoms with van der Waals surface area (Å²) < 4.78 is 25.5. The largest absolute Gasteiger partial charge is 0.352 e. The molecule has 1 saturated carbocycles. The van der Waals surface area contributed by atoms with Crippen LogP contribution in [0.5, 0.6) is 0 Å². The molecule has 1 aromatic rings. The van der Waals surface area contributed by atoms with Crippen LogP contribution in [-0.2, 0) is 25.2 Å².